The largest absolute Gasteiger partial charge is 0.367 e. The molecule has 2 aromatic heterocycles. The molecular weight excluding hydrogens is 518 g/mol. The predicted molar refractivity (Wildman–Crippen MR) is 170 cm³/mol. The van der Waals surface area contributed by atoms with E-state index in [0.717, 1.165) is 74.2 Å². The van der Waals surface area contributed by atoms with Gasteiger partial charge in [0.2, 0.25) is 0 Å². The lowest BCUT2D eigenvalue weighted by atomic mass is 9.99. The molecule has 0 saturated carbocycles. The van der Waals surface area contributed by atoms with Crippen LogP contribution in [0.2, 0.25) is 0 Å². The van der Waals surface area contributed by atoms with Crippen LogP contribution in [0.1, 0.15) is 53.7 Å². The van der Waals surface area contributed by atoms with E-state index in [1.54, 1.807) is 0 Å². The van der Waals surface area contributed by atoms with Crippen molar-refractivity contribution in [2.75, 3.05) is 44.2 Å². The molecule has 0 spiro atoms. The Hall–Kier alpha value is -4.18. The highest BCUT2D eigenvalue weighted by atomic mass is 16.5. The molecule has 0 N–H and O–H groups in total. The number of imidazole rings is 1. The van der Waals surface area contributed by atoms with Crippen LogP contribution in [0.5, 0.6) is 0 Å². The van der Waals surface area contributed by atoms with E-state index >= 15 is 0 Å². The SMILES string of the molecule is CCCCc1c(C)c(C#N)c2nc3ccccc3n2c1N1CCN(CCOC(c2ccccc2)c2ccccc2)CC1. The minimum absolute atomic E-state index is 0.0701. The number of pyridine rings is 1. The van der Waals surface area contributed by atoms with E-state index in [1.165, 1.54) is 22.5 Å². The first kappa shape index (κ1) is 28.0. The predicted octanol–water partition coefficient (Wildman–Crippen LogP) is 6.94. The molecule has 5 aromatic rings. The Bertz CT molecular complexity index is 1640. The van der Waals surface area contributed by atoms with Gasteiger partial charge >= 0.3 is 0 Å². The quantitative estimate of drug-likeness (QED) is 0.186. The molecule has 42 heavy (non-hydrogen) atoms. The zero-order valence-corrected chi connectivity index (χ0v) is 24.7. The lowest BCUT2D eigenvalue weighted by molar-refractivity contribution is 0.0586. The second kappa shape index (κ2) is 12.8. The molecule has 0 bridgehead atoms. The topological polar surface area (TPSA) is 56.8 Å². The lowest BCUT2D eigenvalue weighted by Crippen LogP contribution is -2.48. The highest BCUT2D eigenvalue weighted by Crippen LogP contribution is 2.35. The van der Waals surface area contributed by atoms with Crippen LogP contribution >= 0.6 is 0 Å². The summed E-state index contributed by atoms with van der Waals surface area (Å²) in [5, 5.41) is 10.2. The Morgan fingerprint density at radius 3 is 2.17 bits per heavy atom. The number of benzene rings is 3. The van der Waals surface area contributed by atoms with Crippen molar-refractivity contribution in [1.82, 2.24) is 14.3 Å². The van der Waals surface area contributed by atoms with Gasteiger partial charge in [0.25, 0.3) is 0 Å². The molecule has 6 heteroatoms. The van der Waals surface area contributed by atoms with Gasteiger partial charge in [0.15, 0.2) is 5.65 Å². The molecule has 1 saturated heterocycles. The van der Waals surface area contributed by atoms with Gasteiger partial charge in [-0.05, 0) is 54.2 Å². The normalized spacial score (nSPS) is 14.2. The molecule has 1 aliphatic heterocycles. The highest BCUT2D eigenvalue weighted by Gasteiger charge is 2.27. The van der Waals surface area contributed by atoms with Crippen LogP contribution < -0.4 is 4.90 Å². The van der Waals surface area contributed by atoms with Crippen LogP contribution in [0.25, 0.3) is 16.7 Å². The van der Waals surface area contributed by atoms with Gasteiger partial charge in [0.05, 0.1) is 23.2 Å². The van der Waals surface area contributed by atoms with Crippen LogP contribution in [-0.2, 0) is 11.2 Å². The zero-order chi connectivity index (χ0) is 28.9. The van der Waals surface area contributed by atoms with E-state index in [9.17, 15) is 5.26 Å². The third-order valence-electron chi connectivity index (χ3n) is 8.55. The molecule has 0 radical (unpaired) electrons. The molecule has 0 atom stereocenters. The van der Waals surface area contributed by atoms with E-state index < -0.39 is 0 Å². The van der Waals surface area contributed by atoms with E-state index in [0.29, 0.717) is 12.2 Å². The maximum Gasteiger partial charge on any atom is 0.157 e. The number of piperazine rings is 1. The number of unbranched alkanes of at least 4 members (excludes halogenated alkanes) is 1. The minimum Gasteiger partial charge on any atom is -0.367 e. The summed E-state index contributed by atoms with van der Waals surface area (Å²) in [7, 11) is 0. The summed E-state index contributed by atoms with van der Waals surface area (Å²) in [4.78, 5) is 9.96. The first-order valence-electron chi connectivity index (χ1n) is 15.2. The Morgan fingerprint density at radius 2 is 1.52 bits per heavy atom. The van der Waals surface area contributed by atoms with Crippen LogP contribution in [0, 0.1) is 18.3 Å². The van der Waals surface area contributed by atoms with Crippen molar-refractivity contribution in [2.45, 2.75) is 39.2 Å². The summed E-state index contributed by atoms with van der Waals surface area (Å²) in [6, 6.07) is 31.7. The summed E-state index contributed by atoms with van der Waals surface area (Å²) in [6.07, 6.45) is 3.10. The average Bonchev–Trinajstić information content (AvgIpc) is 3.42. The number of nitriles is 1. The van der Waals surface area contributed by atoms with Crippen LogP contribution in [-0.4, -0.2) is 53.6 Å². The van der Waals surface area contributed by atoms with Crippen molar-refractivity contribution in [1.29, 1.82) is 5.26 Å². The number of nitrogens with zero attached hydrogens (tertiary/aromatic N) is 5. The summed E-state index contributed by atoms with van der Waals surface area (Å²) in [5.74, 6) is 1.22. The Balaban J connectivity index is 1.21. The average molecular weight is 558 g/mol. The van der Waals surface area contributed by atoms with Gasteiger partial charge < -0.3 is 9.64 Å². The Morgan fingerprint density at radius 1 is 0.881 bits per heavy atom. The second-order valence-electron chi connectivity index (χ2n) is 11.2. The third kappa shape index (κ3) is 5.51. The highest BCUT2D eigenvalue weighted by molar-refractivity contribution is 5.86. The fourth-order valence-electron chi connectivity index (χ4n) is 6.27. The number of rotatable bonds is 10. The first-order chi connectivity index (χ1) is 20.7. The maximum absolute atomic E-state index is 10.2. The van der Waals surface area contributed by atoms with Gasteiger partial charge in [-0.3, -0.25) is 9.30 Å². The number of fused-ring (bicyclic) bond motifs is 3. The van der Waals surface area contributed by atoms with Gasteiger partial charge in [0.1, 0.15) is 18.0 Å². The van der Waals surface area contributed by atoms with E-state index in [-0.39, 0.29) is 6.10 Å². The van der Waals surface area contributed by atoms with Crippen molar-refractivity contribution in [3.05, 3.63) is 113 Å². The van der Waals surface area contributed by atoms with Crippen LogP contribution in [0.15, 0.2) is 84.9 Å². The third-order valence-corrected chi connectivity index (χ3v) is 8.55. The number of ether oxygens (including phenoxy) is 1. The molecule has 3 aromatic carbocycles. The Labute approximate surface area is 248 Å². The molecular formula is C36H39N5O. The van der Waals surface area contributed by atoms with Gasteiger partial charge in [-0.1, -0.05) is 86.1 Å². The van der Waals surface area contributed by atoms with Crippen molar-refractivity contribution in [3.8, 4) is 6.07 Å². The molecule has 0 aliphatic carbocycles. The van der Waals surface area contributed by atoms with Crippen molar-refractivity contribution < 1.29 is 4.74 Å². The van der Waals surface area contributed by atoms with Gasteiger partial charge in [-0.2, -0.15) is 5.26 Å². The number of aromatic nitrogens is 2. The number of hydrogen-bond donors (Lipinski definition) is 0. The molecule has 1 fully saturated rings. The monoisotopic (exact) mass is 557 g/mol. The Kier molecular flexibility index (Phi) is 8.50. The van der Waals surface area contributed by atoms with Crippen molar-refractivity contribution in [2.24, 2.45) is 0 Å². The van der Waals surface area contributed by atoms with Gasteiger partial charge in [-0.25, -0.2) is 4.98 Å². The first-order valence-corrected chi connectivity index (χ1v) is 15.2. The fraction of sp³-hybridized carbons (Fsp3) is 0.333. The van der Waals surface area contributed by atoms with E-state index in [4.69, 9.17) is 9.72 Å². The second-order valence-corrected chi connectivity index (χ2v) is 11.2. The fourth-order valence-corrected chi connectivity index (χ4v) is 6.27. The van der Waals surface area contributed by atoms with Gasteiger partial charge in [-0.15, -0.1) is 0 Å². The molecule has 0 unspecified atom stereocenters. The standard InChI is InChI=1S/C36H39N5O/c1-3-4-17-30-27(2)31(26-37)35-38-32-18-11-12-19-33(32)41(35)36(30)40-22-20-39(21-23-40)24-25-42-34(28-13-7-5-8-14-28)29-15-9-6-10-16-29/h5-16,18-19,34H,3-4,17,20-25H2,1-2H3. The summed E-state index contributed by atoms with van der Waals surface area (Å²) in [5.41, 5.74) is 8.20. The number of anilines is 1. The summed E-state index contributed by atoms with van der Waals surface area (Å²) in [6.45, 7) is 9.67. The van der Waals surface area contributed by atoms with E-state index in [1.807, 2.05) is 12.1 Å². The lowest BCUT2D eigenvalue weighted by Gasteiger charge is -2.38. The van der Waals surface area contributed by atoms with Crippen LogP contribution in [0.3, 0.4) is 0 Å². The molecule has 0 amide bonds. The smallest absolute Gasteiger partial charge is 0.157 e. The summed E-state index contributed by atoms with van der Waals surface area (Å²) < 4.78 is 8.79. The summed E-state index contributed by atoms with van der Waals surface area (Å²) >= 11 is 0. The molecule has 6 rings (SSSR count). The van der Waals surface area contributed by atoms with E-state index in [2.05, 4.69) is 107 Å². The molecule has 214 valence electrons. The molecule has 3 heterocycles. The van der Waals surface area contributed by atoms with Gasteiger partial charge in [0, 0.05) is 32.7 Å². The van der Waals surface area contributed by atoms with Crippen LogP contribution in [0.4, 0.5) is 5.82 Å². The minimum atomic E-state index is -0.0701. The zero-order valence-electron chi connectivity index (χ0n) is 24.7. The maximum atomic E-state index is 10.2. The molecule has 1 aliphatic rings. The van der Waals surface area contributed by atoms with Crippen molar-refractivity contribution >= 4 is 22.5 Å². The van der Waals surface area contributed by atoms with Crippen molar-refractivity contribution in [3.63, 3.8) is 0 Å². The number of para-hydroxylation sites is 2. The number of hydrogen-bond acceptors (Lipinski definition) is 5. The molecule has 6 nitrogen and oxygen atoms in total.